The van der Waals surface area contributed by atoms with Gasteiger partial charge in [-0.25, -0.2) is 0 Å². The largest absolute Gasteiger partial charge is 0.0707 e. The molecule has 0 aromatic heterocycles. The molecule has 0 heterocycles. The van der Waals surface area contributed by atoms with Crippen LogP contribution in [0.5, 0.6) is 0 Å². The van der Waals surface area contributed by atoms with E-state index in [2.05, 4.69) is 6.92 Å². The molecule has 2 aliphatic rings. The van der Waals surface area contributed by atoms with Crippen molar-refractivity contribution in [1.29, 1.82) is 0 Å². The highest BCUT2D eigenvalue weighted by Crippen LogP contribution is 2.41. The molecule has 50 valence electrons. The molecule has 0 radical (unpaired) electrons. The molecule has 0 nitrogen and oxygen atoms in total. The SMILES string of the molecule is CC1CCC2=C(CC2)C1. The number of hydrogen-bond acceptors (Lipinski definition) is 0. The van der Waals surface area contributed by atoms with Crippen molar-refractivity contribution in [2.75, 3.05) is 0 Å². The van der Waals surface area contributed by atoms with Crippen molar-refractivity contribution in [3.8, 4) is 0 Å². The van der Waals surface area contributed by atoms with Crippen molar-refractivity contribution in [2.24, 2.45) is 5.92 Å². The van der Waals surface area contributed by atoms with Gasteiger partial charge in [0.2, 0.25) is 0 Å². The maximum absolute atomic E-state index is 2.38. The maximum Gasteiger partial charge on any atom is -0.0280 e. The van der Waals surface area contributed by atoms with Crippen LogP contribution in [0.2, 0.25) is 0 Å². The van der Waals surface area contributed by atoms with E-state index in [1.54, 1.807) is 0 Å². The van der Waals surface area contributed by atoms with E-state index in [4.69, 9.17) is 0 Å². The average Bonchev–Trinajstić information content (AvgIpc) is 1.78. The van der Waals surface area contributed by atoms with Crippen LogP contribution in [0.1, 0.15) is 39.0 Å². The highest BCUT2D eigenvalue weighted by molar-refractivity contribution is 5.26. The van der Waals surface area contributed by atoms with Crippen molar-refractivity contribution in [1.82, 2.24) is 0 Å². The van der Waals surface area contributed by atoms with E-state index in [1.807, 2.05) is 11.1 Å². The molecule has 0 heteroatoms. The van der Waals surface area contributed by atoms with Crippen LogP contribution in [-0.2, 0) is 0 Å². The molecule has 2 aliphatic carbocycles. The van der Waals surface area contributed by atoms with E-state index in [9.17, 15) is 0 Å². The lowest BCUT2D eigenvalue weighted by molar-refractivity contribution is 0.449. The number of hydrogen-bond donors (Lipinski definition) is 0. The molecule has 1 unspecified atom stereocenters. The Hall–Kier alpha value is -0.260. The Morgan fingerprint density at radius 1 is 1.11 bits per heavy atom. The second-order valence-corrected chi connectivity index (χ2v) is 3.56. The van der Waals surface area contributed by atoms with Crippen LogP contribution in [0, 0.1) is 5.92 Å². The summed E-state index contributed by atoms with van der Waals surface area (Å²) in [5.74, 6) is 0.990. The summed E-state index contributed by atoms with van der Waals surface area (Å²) in [5.41, 5.74) is 3.63. The summed E-state index contributed by atoms with van der Waals surface area (Å²) >= 11 is 0. The molecule has 0 saturated carbocycles. The normalized spacial score (nSPS) is 33.7. The van der Waals surface area contributed by atoms with Crippen molar-refractivity contribution in [2.45, 2.75) is 39.0 Å². The van der Waals surface area contributed by atoms with E-state index in [0.717, 1.165) is 5.92 Å². The predicted molar refractivity (Wildman–Crippen MR) is 39.3 cm³/mol. The van der Waals surface area contributed by atoms with Gasteiger partial charge in [-0.3, -0.25) is 0 Å². The Morgan fingerprint density at radius 3 is 2.33 bits per heavy atom. The van der Waals surface area contributed by atoms with Gasteiger partial charge < -0.3 is 0 Å². The first-order valence-corrected chi connectivity index (χ1v) is 4.06. The van der Waals surface area contributed by atoms with Crippen molar-refractivity contribution in [3.63, 3.8) is 0 Å². The van der Waals surface area contributed by atoms with Gasteiger partial charge in [0.1, 0.15) is 0 Å². The third-order valence-corrected chi connectivity index (χ3v) is 2.76. The Balaban J connectivity index is 2.13. The van der Waals surface area contributed by atoms with Crippen molar-refractivity contribution in [3.05, 3.63) is 11.1 Å². The molecule has 0 saturated heterocycles. The second-order valence-electron chi connectivity index (χ2n) is 3.56. The van der Waals surface area contributed by atoms with Crippen LogP contribution in [0.3, 0.4) is 0 Å². The molecule has 0 bridgehead atoms. The van der Waals surface area contributed by atoms with E-state index in [-0.39, 0.29) is 0 Å². The first-order valence-electron chi connectivity index (χ1n) is 4.06. The summed E-state index contributed by atoms with van der Waals surface area (Å²) in [6.45, 7) is 2.38. The van der Waals surface area contributed by atoms with Gasteiger partial charge >= 0.3 is 0 Å². The van der Waals surface area contributed by atoms with Gasteiger partial charge in [-0.2, -0.15) is 0 Å². The van der Waals surface area contributed by atoms with Crippen molar-refractivity contribution < 1.29 is 0 Å². The lowest BCUT2D eigenvalue weighted by Gasteiger charge is -2.31. The summed E-state index contributed by atoms with van der Waals surface area (Å²) < 4.78 is 0. The van der Waals surface area contributed by atoms with Crippen LogP contribution < -0.4 is 0 Å². The van der Waals surface area contributed by atoms with Gasteiger partial charge in [-0.05, 0) is 38.0 Å². The molecular formula is C9H14. The Labute approximate surface area is 57.0 Å². The molecular weight excluding hydrogens is 108 g/mol. The summed E-state index contributed by atoms with van der Waals surface area (Å²) in [6.07, 6.45) is 7.17. The van der Waals surface area contributed by atoms with E-state index < -0.39 is 0 Å². The molecule has 0 aromatic carbocycles. The summed E-state index contributed by atoms with van der Waals surface area (Å²) in [7, 11) is 0. The fourth-order valence-corrected chi connectivity index (χ4v) is 1.97. The first kappa shape index (κ1) is 5.52. The molecule has 0 amide bonds. The minimum absolute atomic E-state index is 0.990. The van der Waals surface area contributed by atoms with Gasteiger partial charge in [0.25, 0.3) is 0 Å². The molecule has 0 fully saturated rings. The lowest BCUT2D eigenvalue weighted by atomic mass is 9.74. The van der Waals surface area contributed by atoms with E-state index in [0.29, 0.717) is 0 Å². The Bertz CT molecular complexity index is 153. The minimum Gasteiger partial charge on any atom is -0.0707 e. The highest BCUT2D eigenvalue weighted by atomic mass is 14.3. The van der Waals surface area contributed by atoms with Crippen LogP contribution in [-0.4, -0.2) is 0 Å². The molecule has 0 aromatic rings. The standard InChI is InChI=1S/C9H14/c1-7-2-3-8-4-5-9(8)6-7/h7H,2-6H2,1H3. The van der Waals surface area contributed by atoms with Gasteiger partial charge in [0.15, 0.2) is 0 Å². The third-order valence-electron chi connectivity index (χ3n) is 2.76. The zero-order valence-electron chi connectivity index (χ0n) is 6.11. The Morgan fingerprint density at radius 2 is 1.89 bits per heavy atom. The van der Waals surface area contributed by atoms with Gasteiger partial charge in [-0.1, -0.05) is 18.1 Å². The quantitative estimate of drug-likeness (QED) is 0.433. The molecule has 9 heavy (non-hydrogen) atoms. The molecule has 2 rings (SSSR count). The Kier molecular flexibility index (Phi) is 1.14. The molecule has 1 atom stereocenters. The highest BCUT2D eigenvalue weighted by Gasteiger charge is 2.23. The molecule has 0 aliphatic heterocycles. The second kappa shape index (κ2) is 1.86. The predicted octanol–water partition coefficient (Wildman–Crippen LogP) is 2.90. The average molecular weight is 122 g/mol. The van der Waals surface area contributed by atoms with Gasteiger partial charge in [0, 0.05) is 0 Å². The lowest BCUT2D eigenvalue weighted by Crippen LogP contribution is -2.14. The fraction of sp³-hybridized carbons (Fsp3) is 0.778. The van der Waals surface area contributed by atoms with Gasteiger partial charge in [0.05, 0.1) is 0 Å². The van der Waals surface area contributed by atoms with E-state index >= 15 is 0 Å². The van der Waals surface area contributed by atoms with Crippen LogP contribution >= 0.6 is 0 Å². The zero-order valence-corrected chi connectivity index (χ0v) is 6.11. The number of rotatable bonds is 0. The monoisotopic (exact) mass is 122 g/mol. The smallest absolute Gasteiger partial charge is 0.0280 e. The third kappa shape index (κ3) is 0.810. The van der Waals surface area contributed by atoms with Crippen LogP contribution in [0.15, 0.2) is 11.1 Å². The number of allylic oxidation sites excluding steroid dienone is 2. The van der Waals surface area contributed by atoms with E-state index in [1.165, 1.54) is 32.1 Å². The summed E-state index contributed by atoms with van der Waals surface area (Å²) in [5, 5.41) is 0. The topological polar surface area (TPSA) is 0 Å². The van der Waals surface area contributed by atoms with Crippen LogP contribution in [0.4, 0.5) is 0 Å². The maximum atomic E-state index is 2.38. The molecule has 0 N–H and O–H groups in total. The summed E-state index contributed by atoms with van der Waals surface area (Å²) in [6, 6.07) is 0. The summed E-state index contributed by atoms with van der Waals surface area (Å²) in [4.78, 5) is 0. The fourth-order valence-electron chi connectivity index (χ4n) is 1.97. The van der Waals surface area contributed by atoms with Crippen LogP contribution in [0.25, 0.3) is 0 Å². The first-order chi connectivity index (χ1) is 4.36. The van der Waals surface area contributed by atoms with Gasteiger partial charge in [-0.15, -0.1) is 0 Å². The molecule has 0 spiro atoms. The zero-order chi connectivity index (χ0) is 6.27. The van der Waals surface area contributed by atoms with Crippen molar-refractivity contribution >= 4 is 0 Å². The minimum atomic E-state index is 0.990.